The number of likely N-dealkylation sites (tertiary alicyclic amines) is 2. The van der Waals surface area contributed by atoms with Gasteiger partial charge in [-0.1, -0.05) is 19.1 Å². The van der Waals surface area contributed by atoms with Gasteiger partial charge in [0.2, 0.25) is 0 Å². The zero-order chi connectivity index (χ0) is 36.7. The molecule has 3 aliphatic heterocycles. The summed E-state index contributed by atoms with van der Waals surface area (Å²) in [6, 6.07) is 11.5. The highest BCUT2D eigenvalue weighted by atomic mass is 16.2. The minimum atomic E-state index is -0.232. The van der Waals surface area contributed by atoms with Gasteiger partial charge in [-0.05, 0) is 102 Å². The third kappa shape index (κ3) is 6.95. The van der Waals surface area contributed by atoms with Gasteiger partial charge in [0, 0.05) is 68.7 Å². The maximum absolute atomic E-state index is 13.7. The lowest BCUT2D eigenvalue weighted by Gasteiger charge is -2.46. The Bertz CT molecular complexity index is 1980. The van der Waals surface area contributed by atoms with Gasteiger partial charge in [0.25, 0.3) is 5.91 Å². The molecule has 2 N–H and O–H groups in total. The maximum Gasteiger partial charge on any atom is 0.350 e. The summed E-state index contributed by atoms with van der Waals surface area (Å²) in [6.07, 6.45) is 6.28. The molecule has 3 aliphatic rings. The van der Waals surface area contributed by atoms with Crippen LogP contribution in [-0.4, -0.2) is 90.6 Å². The third-order valence-corrected chi connectivity index (χ3v) is 11.3. The number of anilines is 2. The third-order valence-electron chi connectivity index (χ3n) is 11.3. The van der Waals surface area contributed by atoms with E-state index in [1.54, 1.807) is 20.2 Å². The van der Waals surface area contributed by atoms with E-state index in [1.165, 1.54) is 22.1 Å². The molecule has 6 heterocycles. The molecule has 3 amide bonds. The van der Waals surface area contributed by atoms with Gasteiger partial charge in [-0.25, -0.2) is 23.8 Å². The average Bonchev–Trinajstić information content (AvgIpc) is 3.65. The van der Waals surface area contributed by atoms with Crippen LogP contribution in [0.1, 0.15) is 91.5 Å². The number of benzene rings is 1. The van der Waals surface area contributed by atoms with Crippen molar-refractivity contribution in [1.29, 1.82) is 0 Å². The van der Waals surface area contributed by atoms with E-state index in [0.29, 0.717) is 42.3 Å². The SMILES string of the molecule is Cc1nn(C)c(=O)n1-c1ccc(N2Cc3c(C(=O)NCc4ccc(NC(=O)N5CCC6(CCN(C)CC6)CC5)cc4)nn(C(C)C)c3[C@@H](C)C2)nc1. The Balaban J connectivity index is 0.984. The number of pyridine rings is 1. The largest absolute Gasteiger partial charge is 0.351 e. The lowest BCUT2D eigenvalue weighted by molar-refractivity contribution is 0.0563. The topological polar surface area (TPSA) is 138 Å². The molecular weight excluding hydrogens is 658 g/mol. The summed E-state index contributed by atoms with van der Waals surface area (Å²) >= 11 is 0. The minimum Gasteiger partial charge on any atom is -0.351 e. The van der Waals surface area contributed by atoms with E-state index in [0.717, 1.165) is 67.3 Å². The van der Waals surface area contributed by atoms with Crippen LogP contribution >= 0.6 is 0 Å². The van der Waals surface area contributed by atoms with E-state index in [4.69, 9.17) is 10.1 Å². The molecule has 276 valence electrons. The first-order valence-electron chi connectivity index (χ1n) is 18.5. The van der Waals surface area contributed by atoms with Crippen LogP contribution in [-0.2, 0) is 20.1 Å². The highest BCUT2D eigenvalue weighted by Gasteiger charge is 2.38. The number of urea groups is 1. The summed E-state index contributed by atoms with van der Waals surface area (Å²) in [7, 11) is 3.82. The van der Waals surface area contributed by atoms with Crippen molar-refractivity contribution in [2.75, 3.05) is 50.0 Å². The predicted octanol–water partition coefficient (Wildman–Crippen LogP) is 4.45. The zero-order valence-corrected chi connectivity index (χ0v) is 31.2. The molecule has 2 fully saturated rings. The van der Waals surface area contributed by atoms with Crippen molar-refractivity contribution in [2.24, 2.45) is 12.5 Å². The molecular formula is C38H51N11O3. The predicted molar refractivity (Wildman–Crippen MR) is 200 cm³/mol. The summed E-state index contributed by atoms with van der Waals surface area (Å²) in [5.74, 6) is 1.22. The number of nitrogens with one attached hydrogen (secondary N) is 2. The Morgan fingerprint density at radius 3 is 2.27 bits per heavy atom. The van der Waals surface area contributed by atoms with Crippen molar-refractivity contribution in [3.05, 3.63) is 81.4 Å². The molecule has 1 atom stereocenters. The van der Waals surface area contributed by atoms with Gasteiger partial charge in [-0.15, -0.1) is 0 Å². The Labute approximate surface area is 304 Å². The number of hydrogen-bond donors (Lipinski definition) is 2. The zero-order valence-electron chi connectivity index (χ0n) is 31.2. The second kappa shape index (κ2) is 14.2. The Morgan fingerprint density at radius 1 is 0.962 bits per heavy atom. The standard InChI is InChI=1S/C38H51N11O3/c1-25(2)49-34-26(3)23-47(32-12-11-30(22-39-32)48-27(4)42-45(6)37(48)52)24-31(34)33(43-49)35(50)40-21-28-7-9-29(10-8-28)41-36(51)46-19-15-38(16-20-46)13-17-44(5)18-14-38/h7-12,22,25-26H,13-21,23-24H2,1-6H3,(H,40,50)(H,41,51)/t26-/m0/s1. The van der Waals surface area contributed by atoms with Crippen LogP contribution in [0, 0.1) is 12.3 Å². The number of aryl methyl sites for hydroxylation is 2. The fraction of sp³-hybridized carbons (Fsp3) is 0.526. The van der Waals surface area contributed by atoms with E-state index in [2.05, 4.69) is 53.4 Å². The second-order valence-electron chi connectivity index (χ2n) is 15.3. The van der Waals surface area contributed by atoms with E-state index in [1.807, 2.05) is 46.0 Å². The number of hydrogen-bond acceptors (Lipinski definition) is 8. The Morgan fingerprint density at radius 2 is 1.65 bits per heavy atom. The fourth-order valence-electron chi connectivity index (χ4n) is 8.12. The molecule has 1 spiro atoms. The van der Waals surface area contributed by atoms with Gasteiger partial charge in [0.15, 0.2) is 5.69 Å². The summed E-state index contributed by atoms with van der Waals surface area (Å²) < 4.78 is 4.82. The number of rotatable bonds is 7. The fourth-order valence-corrected chi connectivity index (χ4v) is 8.12. The summed E-state index contributed by atoms with van der Waals surface area (Å²) in [5.41, 5.74) is 4.87. The van der Waals surface area contributed by atoms with Crippen LogP contribution in [0.5, 0.6) is 0 Å². The quantitative estimate of drug-likeness (QED) is 0.287. The Kier molecular flexibility index (Phi) is 9.68. The first-order chi connectivity index (χ1) is 24.9. The number of aromatic nitrogens is 6. The molecule has 0 aliphatic carbocycles. The number of amides is 3. The number of carbonyl (C=O) groups excluding carboxylic acids is 2. The number of fused-ring (bicyclic) bond motifs is 1. The van der Waals surface area contributed by atoms with E-state index >= 15 is 0 Å². The van der Waals surface area contributed by atoms with Crippen molar-refractivity contribution in [2.45, 2.75) is 78.4 Å². The number of nitrogens with zero attached hydrogens (tertiary/aromatic N) is 9. The van der Waals surface area contributed by atoms with Crippen LogP contribution in [0.15, 0.2) is 47.4 Å². The van der Waals surface area contributed by atoms with Gasteiger partial charge in [0.05, 0.1) is 11.9 Å². The molecule has 0 radical (unpaired) electrons. The lowest BCUT2D eigenvalue weighted by Crippen LogP contribution is -2.48. The van der Waals surface area contributed by atoms with Crippen molar-refractivity contribution >= 4 is 23.4 Å². The first-order valence-corrected chi connectivity index (χ1v) is 18.5. The average molecular weight is 710 g/mol. The van der Waals surface area contributed by atoms with Crippen molar-refractivity contribution in [1.82, 2.24) is 44.2 Å². The van der Waals surface area contributed by atoms with Crippen LogP contribution in [0.25, 0.3) is 5.69 Å². The first kappa shape index (κ1) is 35.4. The van der Waals surface area contributed by atoms with Gasteiger partial charge in [-0.3, -0.25) is 9.48 Å². The smallest absolute Gasteiger partial charge is 0.350 e. The van der Waals surface area contributed by atoms with Gasteiger partial charge < -0.3 is 25.3 Å². The maximum atomic E-state index is 13.7. The number of carbonyl (C=O) groups is 2. The molecule has 3 aromatic heterocycles. The van der Waals surface area contributed by atoms with Crippen molar-refractivity contribution < 1.29 is 9.59 Å². The summed E-state index contributed by atoms with van der Waals surface area (Å²) in [5, 5.41) is 15.2. The molecule has 0 saturated carbocycles. The summed E-state index contributed by atoms with van der Waals surface area (Å²) in [4.78, 5) is 50.6. The van der Waals surface area contributed by atoms with Crippen molar-refractivity contribution in [3.8, 4) is 5.69 Å². The van der Waals surface area contributed by atoms with E-state index in [-0.39, 0.29) is 29.6 Å². The molecule has 0 unspecified atom stereocenters. The van der Waals surface area contributed by atoms with Crippen LogP contribution in [0.3, 0.4) is 0 Å². The van der Waals surface area contributed by atoms with Crippen molar-refractivity contribution in [3.63, 3.8) is 0 Å². The van der Waals surface area contributed by atoms with Gasteiger partial charge >= 0.3 is 11.7 Å². The van der Waals surface area contributed by atoms with E-state index in [9.17, 15) is 14.4 Å². The highest BCUT2D eigenvalue weighted by Crippen LogP contribution is 2.41. The number of piperidine rings is 2. The van der Waals surface area contributed by atoms with Gasteiger partial charge in [0.1, 0.15) is 11.6 Å². The molecule has 52 heavy (non-hydrogen) atoms. The molecule has 1 aromatic carbocycles. The molecule has 14 heteroatoms. The highest BCUT2D eigenvalue weighted by molar-refractivity contribution is 5.94. The molecule has 0 bridgehead atoms. The second-order valence-corrected chi connectivity index (χ2v) is 15.3. The Hall–Kier alpha value is -4.98. The van der Waals surface area contributed by atoms with E-state index < -0.39 is 0 Å². The molecule has 7 rings (SSSR count). The molecule has 4 aromatic rings. The molecule has 2 saturated heterocycles. The minimum absolute atomic E-state index is 0.0529. The van der Waals surface area contributed by atoms with Crippen LogP contribution < -0.4 is 21.2 Å². The van der Waals surface area contributed by atoms with Crippen LogP contribution in [0.4, 0.5) is 16.3 Å². The lowest BCUT2D eigenvalue weighted by atomic mass is 9.71. The molecule has 14 nitrogen and oxygen atoms in total. The normalized spacial score (nSPS) is 18.9. The van der Waals surface area contributed by atoms with Crippen LogP contribution in [0.2, 0.25) is 0 Å². The summed E-state index contributed by atoms with van der Waals surface area (Å²) in [6.45, 7) is 13.5. The monoisotopic (exact) mass is 709 g/mol. The van der Waals surface area contributed by atoms with Gasteiger partial charge in [-0.2, -0.15) is 10.2 Å².